The van der Waals surface area contributed by atoms with Crippen LogP contribution in [0.15, 0.2) is 59.0 Å². The molecule has 0 saturated heterocycles. The first-order valence-corrected chi connectivity index (χ1v) is 9.63. The van der Waals surface area contributed by atoms with Crippen LogP contribution < -0.4 is 10.6 Å². The number of hydrogen-bond donors (Lipinski definition) is 3. The lowest BCUT2D eigenvalue weighted by molar-refractivity contribution is -0.115. The molecule has 0 saturated carbocycles. The molecule has 0 radical (unpaired) electrons. The summed E-state index contributed by atoms with van der Waals surface area (Å²) in [6.45, 7) is 1.86. The van der Waals surface area contributed by atoms with Crippen molar-refractivity contribution in [1.82, 2.24) is 5.32 Å². The summed E-state index contributed by atoms with van der Waals surface area (Å²) in [6.07, 6.45) is 2.80. The molecular weight excluding hydrogens is 431 g/mol. The molecule has 0 atom stereocenters. The number of carbonyl (C=O) groups is 1. The third kappa shape index (κ3) is 5.60. The quantitative estimate of drug-likeness (QED) is 0.268. The lowest BCUT2D eigenvalue weighted by Crippen LogP contribution is -2.32. The molecule has 8 heteroatoms. The number of furan rings is 1. The molecule has 29 heavy (non-hydrogen) atoms. The maximum absolute atomic E-state index is 12.1. The number of aromatic hydroxyl groups is 1. The molecule has 2 aromatic carbocycles. The van der Waals surface area contributed by atoms with E-state index in [-0.39, 0.29) is 10.9 Å². The second kappa shape index (κ2) is 9.13. The SMILES string of the molecule is Cc1ccc(NC(=S)NC(=O)/C=C/c2ccc(-c3ccc(Cl)cc3Cl)o2)c(O)c1. The molecule has 1 aromatic heterocycles. The van der Waals surface area contributed by atoms with Crippen molar-refractivity contribution >= 4 is 58.2 Å². The fourth-order valence-corrected chi connectivity index (χ4v) is 3.20. The zero-order valence-electron chi connectivity index (χ0n) is 15.2. The number of rotatable bonds is 4. The highest BCUT2D eigenvalue weighted by Gasteiger charge is 2.09. The van der Waals surface area contributed by atoms with Crippen molar-refractivity contribution in [3.05, 3.63) is 76.0 Å². The number of phenols is 1. The molecule has 5 nitrogen and oxygen atoms in total. The summed E-state index contributed by atoms with van der Waals surface area (Å²) in [7, 11) is 0. The van der Waals surface area contributed by atoms with Gasteiger partial charge in [-0.25, -0.2) is 0 Å². The Morgan fingerprint density at radius 3 is 2.66 bits per heavy atom. The van der Waals surface area contributed by atoms with Crippen LogP contribution in [0, 0.1) is 6.92 Å². The standard InChI is InChI=1S/C21H16Cl2N2O3S/c1-12-2-7-17(18(26)10-12)24-21(29)25-20(27)9-5-14-4-8-19(28-14)15-6-3-13(22)11-16(15)23/h2-11,26H,1H3,(H2,24,25,27,29)/b9-5+. The number of thiocarbonyl (C=S) groups is 1. The second-order valence-corrected chi connectivity index (χ2v) is 7.38. The molecule has 0 bridgehead atoms. The van der Waals surface area contributed by atoms with Crippen LogP contribution in [-0.2, 0) is 4.79 Å². The molecular formula is C21H16Cl2N2O3S. The monoisotopic (exact) mass is 446 g/mol. The highest BCUT2D eigenvalue weighted by atomic mass is 35.5. The first kappa shape index (κ1) is 20.9. The number of aryl methyl sites for hydroxylation is 1. The number of carbonyl (C=O) groups excluding carboxylic acids is 1. The molecule has 0 aliphatic rings. The maximum atomic E-state index is 12.1. The predicted octanol–water partition coefficient (Wildman–Crippen LogP) is 5.79. The molecule has 3 N–H and O–H groups in total. The van der Waals surface area contributed by atoms with Crippen LogP contribution >= 0.6 is 35.4 Å². The Labute approximate surface area is 182 Å². The first-order chi connectivity index (χ1) is 13.8. The normalized spacial score (nSPS) is 10.9. The summed E-state index contributed by atoms with van der Waals surface area (Å²) in [5, 5.41) is 16.2. The van der Waals surface area contributed by atoms with Crippen LogP contribution in [0.5, 0.6) is 5.75 Å². The molecule has 0 aliphatic heterocycles. The fourth-order valence-electron chi connectivity index (χ4n) is 2.49. The summed E-state index contributed by atoms with van der Waals surface area (Å²) >= 11 is 17.2. The number of anilines is 1. The van der Waals surface area contributed by atoms with Gasteiger partial charge in [0.05, 0.1) is 10.7 Å². The Morgan fingerprint density at radius 1 is 1.14 bits per heavy atom. The van der Waals surface area contributed by atoms with Gasteiger partial charge in [0, 0.05) is 16.7 Å². The number of halogens is 2. The van der Waals surface area contributed by atoms with Gasteiger partial charge in [-0.05, 0) is 73.2 Å². The second-order valence-electron chi connectivity index (χ2n) is 6.12. The summed E-state index contributed by atoms with van der Waals surface area (Å²) < 4.78 is 5.69. The van der Waals surface area contributed by atoms with Crippen molar-refractivity contribution in [2.75, 3.05) is 5.32 Å². The van der Waals surface area contributed by atoms with E-state index in [2.05, 4.69) is 10.6 Å². The molecule has 0 aliphatic carbocycles. The van der Waals surface area contributed by atoms with Gasteiger partial charge >= 0.3 is 0 Å². The molecule has 3 rings (SSSR count). The van der Waals surface area contributed by atoms with E-state index in [9.17, 15) is 9.90 Å². The van der Waals surface area contributed by atoms with E-state index < -0.39 is 5.91 Å². The molecule has 3 aromatic rings. The van der Waals surface area contributed by atoms with Crippen LogP contribution in [0.4, 0.5) is 5.69 Å². The fraction of sp³-hybridized carbons (Fsp3) is 0.0476. The van der Waals surface area contributed by atoms with Gasteiger partial charge < -0.3 is 14.8 Å². The summed E-state index contributed by atoms with van der Waals surface area (Å²) in [4.78, 5) is 12.1. The number of benzene rings is 2. The van der Waals surface area contributed by atoms with Crippen LogP contribution in [0.2, 0.25) is 10.0 Å². The van der Waals surface area contributed by atoms with E-state index >= 15 is 0 Å². The van der Waals surface area contributed by atoms with Gasteiger partial charge in [-0.15, -0.1) is 0 Å². The highest BCUT2D eigenvalue weighted by Crippen LogP contribution is 2.31. The minimum Gasteiger partial charge on any atom is -0.506 e. The van der Waals surface area contributed by atoms with Gasteiger partial charge in [0.1, 0.15) is 17.3 Å². The largest absolute Gasteiger partial charge is 0.506 e. The van der Waals surface area contributed by atoms with Crippen LogP contribution in [0.25, 0.3) is 17.4 Å². The van der Waals surface area contributed by atoms with Crippen molar-refractivity contribution in [2.45, 2.75) is 6.92 Å². The zero-order valence-corrected chi connectivity index (χ0v) is 17.5. The Morgan fingerprint density at radius 2 is 1.93 bits per heavy atom. The average molecular weight is 447 g/mol. The number of phenolic OH excluding ortho intramolecular Hbond substituents is 1. The number of hydrogen-bond acceptors (Lipinski definition) is 4. The third-order valence-electron chi connectivity index (χ3n) is 3.86. The zero-order chi connectivity index (χ0) is 21.0. The molecule has 0 spiro atoms. The van der Waals surface area contributed by atoms with Gasteiger partial charge in [-0.1, -0.05) is 29.3 Å². The van der Waals surface area contributed by atoms with E-state index in [0.29, 0.717) is 32.8 Å². The molecule has 0 unspecified atom stereocenters. The van der Waals surface area contributed by atoms with Gasteiger partial charge in [0.25, 0.3) is 0 Å². The Kier molecular flexibility index (Phi) is 6.59. The molecule has 1 amide bonds. The van der Waals surface area contributed by atoms with Crippen LogP contribution in [-0.4, -0.2) is 16.1 Å². The summed E-state index contributed by atoms with van der Waals surface area (Å²) in [6, 6.07) is 13.6. The number of nitrogens with one attached hydrogen (secondary N) is 2. The average Bonchev–Trinajstić information content (AvgIpc) is 3.11. The summed E-state index contributed by atoms with van der Waals surface area (Å²) in [5.74, 6) is 0.618. The maximum Gasteiger partial charge on any atom is 0.250 e. The van der Waals surface area contributed by atoms with Crippen molar-refractivity contribution in [3.63, 3.8) is 0 Å². The van der Waals surface area contributed by atoms with Gasteiger partial charge in [0.15, 0.2) is 5.11 Å². The van der Waals surface area contributed by atoms with Gasteiger partial charge in [-0.2, -0.15) is 0 Å². The van der Waals surface area contributed by atoms with Crippen molar-refractivity contribution < 1.29 is 14.3 Å². The van der Waals surface area contributed by atoms with Crippen molar-refractivity contribution in [3.8, 4) is 17.1 Å². The predicted molar refractivity (Wildman–Crippen MR) is 120 cm³/mol. The minimum atomic E-state index is -0.448. The molecule has 0 fully saturated rings. The third-order valence-corrected chi connectivity index (χ3v) is 4.61. The summed E-state index contributed by atoms with van der Waals surface area (Å²) in [5.41, 5.74) is 2.01. The number of amides is 1. The topological polar surface area (TPSA) is 74.5 Å². The van der Waals surface area contributed by atoms with Crippen molar-refractivity contribution in [1.29, 1.82) is 0 Å². The lowest BCUT2D eigenvalue weighted by Gasteiger charge is -2.10. The van der Waals surface area contributed by atoms with Crippen LogP contribution in [0.3, 0.4) is 0 Å². The Balaban J connectivity index is 1.60. The van der Waals surface area contributed by atoms with Crippen LogP contribution in [0.1, 0.15) is 11.3 Å². The highest BCUT2D eigenvalue weighted by molar-refractivity contribution is 7.80. The van der Waals surface area contributed by atoms with Gasteiger partial charge in [-0.3, -0.25) is 10.1 Å². The van der Waals surface area contributed by atoms with E-state index in [0.717, 1.165) is 5.56 Å². The van der Waals surface area contributed by atoms with E-state index in [1.54, 1.807) is 42.5 Å². The van der Waals surface area contributed by atoms with E-state index in [4.69, 9.17) is 39.8 Å². The van der Waals surface area contributed by atoms with Crippen molar-refractivity contribution in [2.24, 2.45) is 0 Å². The molecule has 148 valence electrons. The lowest BCUT2D eigenvalue weighted by atomic mass is 10.2. The first-order valence-electron chi connectivity index (χ1n) is 8.47. The van der Waals surface area contributed by atoms with Gasteiger partial charge in [0.2, 0.25) is 5.91 Å². The smallest absolute Gasteiger partial charge is 0.250 e. The molecule has 1 heterocycles. The Hall–Kier alpha value is -2.80. The Bertz CT molecular complexity index is 1110. The van der Waals surface area contributed by atoms with E-state index in [1.807, 2.05) is 13.0 Å². The minimum absolute atomic E-state index is 0.0427. The van der Waals surface area contributed by atoms with E-state index in [1.165, 1.54) is 12.2 Å².